The van der Waals surface area contributed by atoms with Crippen LogP contribution in [0.3, 0.4) is 0 Å². The van der Waals surface area contributed by atoms with Crippen molar-refractivity contribution >= 4 is 52.8 Å². The number of amides is 5. The largest absolute Gasteiger partial charge is 0.508 e. The predicted molar refractivity (Wildman–Crippen MR) is 261 cm³/mol. The Hall–Kier alpha value is -5.23. The second-order valence-corrected chi connectivity index (χ2v) is 19.2. The van der Waals surface area contributed by atoms with Crippen molar-refractivity contribution in [1.29, 1.82) is 5.41 Å². The number of cyclic esters (lactones) is 1. The number of nitrogens with one attached hydrogen (secondary N) is 5. The summed E-state index contributed by atoms with van der Waals surface area (Å²) >= 11 is 0. The molecule has 1 aromatic rings. The summed E-state index contributed by atoms with van der Waals surface area (Å²) in [7, 11) is 0. The maximum absolute atomic E-state index is 14.4. The average molecular weight is 971 g/mol. The van der Waals surface area contributed by atoms with Crippen LogP contribution < -0.4 is 27.0 Å². The Morgan fingerprint density at radius 1 is 0.783 bits per heavy atom. The molecule has 2 rings (SSSR count). The van der Waals surface area contributed by atoms with Gasteiger partial charge in [0.2, 0.25) is 29.5 Å². The van der Waals surface area contributed by atoms with E-state index in [0.717, 1.165) is 50.7 Å². The van der Waals surface area contributed by atoms with Crippen LogP contribution >= 0.6 is 0 Å². The maximum Gasteiger partial charge on any atom is 0.309 e. The Kier molecular flexibility index (Phi) is 27.6. The zero-order chi connectivity index (χ0) is 51.6. The SMILES string of the molecule is CCC(C)C1NC(=O)C(NC(=O)CC(O)CCCCCCCCCCCCCC(C)=N)C(C)OC(=O)C(C)CC(=O)C(CCC(N)=O)NC(=O)C(C(C)O)NC(=O)C(Cc2ccc(O)cc2)CC1=O. The van der Waals surface area contributed by atoms with Crippen LogP contribution in [0.15, 0.2) is 24.3 Å². The Balaban J connectivity index is 2.36. The summed E-state index contributed by atoms with van der Waals surface area (Å²) in [5.41, 5.74) is 6.63. The molecule has 1 aliphatic rings. The van der Waals surface area contributed by atoms with Gasteiger partial charge in [0.05, 0.1) is 36.6 Å². The molecule has 1 fully saturated rings. The molecule has 1 aromatic carbocycles. The lowest BCUT2D eigenvalue weighted by atomic mass is 9.86. The first-order valence-corrected chi connectivity index (χ1v) is 25.1. The molecule has 1 aliphatic heterocycles. The first-order chi connectivity index (χ1) is 32.6. The molecule has 0 spiro atoms. The number of phenols is 1. The molecule has 0 aliphatic carbocycles. The summed E-state index contributed by atoms with van der Waals surface area (Å²) in [5, 5.41) is 49.3. The van der Waals surface area contributed by atoms with Gasteiger partial charge in [0, 0.05) is 30.9 Å². The first-order valence-electron chi connectivity index (χ1n) is 25.1. The second-order valence-electron chi connectivity index (χ2n) is 19.2. The van der Waals surface area contributed by atoms with Gasteiger partial charge in [-0.25, -0.2) is 0 Å². The molecular weight excluding hydrogens is 889 g/mol. The van der Waals surface area contributed by atoms with Gasteiger partial charge in [0.25, 0.3) is 0 Å². The Labute approximate surface area is 408 Å². The van der Waals surface area contributed by atoms with Crippen molar-refractivity contribution in [3.63, 3.8) is 0 Å². The molecule has 18 nitrogen and oxygen atoms in total. The quantitative estimate of drug-likeness (QED) is 0.0371. The predicted octanol–water partition coefficient (Wildman–Crippen LogP) is 4.54. The van der Waals surface area contributed by atoms with E-state index in [4.69, 9.17) is 15.9 Å². The van der Waals surface area contributed by atoms with E-state index in [2.05, 4.69) is 21.3 Å². The van der Waals surface area contributed by atoms with Crippen molar-refractivity contribution in [2.45, 2.75) is 212 Å². The number of carbonyl (C=O) groups excluding carboxylic acids is 8. The number of ether oxygens (including phenoxy) is 1. The number of carbonyl (C=O) groups is 8. The zero-order valence-corrected chi connectivity index (χ0v) is 41.8. The number of hydrogen-bond donors (Lipinski definition) is 9. The number of Topliss-reactive ketones (excluding diaryl/α,β-unsaturated/α-hetero) is 2. The summed E-state index contributed by atoms with van der Waals surface area (Å²) < 4.78 is 5.69. The van der Waals surface area contributed by atoms with Crippen molar-refractivity contribution in [3.05, 3.63) is 29.8 Å². The van der Waals surface area contributed by atoms with Crippen LogP contribution in [0, 0.1) is 23.2 Å². The number of aliphatic hydroxyl groups is 2. The smallest absolute Gasteiger partial charge is 0.309 e. The fourth-order valence-corrected chi connectivity index (χ4v) is 8.30. The minimum Gasteiger partial charge on any atom is -0.508 e. The highest BCUT2D eigenvalue weighted by atomic mass is 16.5. The minimum atomic E-state index is -1.65. The average Bonchev–Trinajstić information content (AvgIpc) is 3.28. The standard InChI is InChI=1S/C51H82N6O12/c1-7-31(2)45-42(62)29-37(28-36-21-23-38(59)24-22-36)48(65)57-46(34(5)58)49(66)54-40(25-26-43(53)63)41(61)27-32(3)51(68)69-35(6)47(50(67)56-45)55-44(64)30-39(60)20-18-16-14-12-10-8-9-11-13-15-17-19-33(4)52/h21-24,31-32,34-35,37,39-40,45-47,52,58-60H,7-20,25-30H2,1-6H3,(H2,53,63)(H,54,66)(H,55,64)(H,56,67)(H,57,65). The number of unbranched alkanes of at least 4 members (excludes halogenated alkanes) is 10. The number of benzene rings is 1. The van der Waals surface area contributed by atoms with Gasteiger partial charge < -0.3 is 52.5 Å². The Morgan fingerprint density at radius 3 is 1.90 bits per heavy atom. The third-order valence-electron chi connectivity index (χ3n) is 12.8. The van der Waals surface area contributed by atoms with Gasteiger partial charge in [-0.3, -0.25) is 38.4 Å². The zero-order valence-electron chi connectivity index (χ0n) is 41.8. The third kappa shape index (κ3) is 23.3. The Morgan fingerprint density at radius 2 is 1.35 bits per heavy atom. The van der Waals surface area contributed by atoms with E-state index in [1.54, 1.807) is 26.0 Å². The monoisotopic (exact) mass is 971 g/mol. The van der Waals surface area contributed by atoms with Gasteiger partial charge in [-0.1, -0.05) is 104 Å². The lowest BCUT2D eigenvalue weighted by Gasteiger charge is -2.30. The summed E-state index contributed by atoms with van der Waals surface area (Å²) in [6.45, 7) is 9.33. The van der Waals surface area contributed by atoms with E-state index < -0.39 is 120 Å². The normalized spacial score (nSPS) is 23.7. The van der Waals surface area contributed by atoms with Crippen LogP contribution in [0.2, 0.25) is 0 Å². The van der Waals surface area contributed by atoms with Crippen molar-refractivity contribution < 1.29 is 58.4 Å². The number of esters is 1. The molecule has 0 saturated carbocycles. The topological polar surface area (TPSA) is 304 Å². The molecule has 10 atom stereocenters. The van der Waals surface area contributed by atoms with Crippen molar-refractivity contribution in [2.24, 2.45) is 23.5 Å². The molecule has 388 valence electrons. The number of ketones is 2. The molecule has 5 amide bonds. The van der Waals surface area contributed by atoms with E-state index >= 15 is 0 Å². The lowest BCUT2D eigenvalue weighted by molar-refractivity contribution is -0.157. The minimum absolute atomic E-state index is 0.0445. The number of aliphatic hydroxyl groups excluding tert-OH is 2. The van der Waals surface area contributed by atoms with Gasteiger partial charge in [-0.2, -0.15) is 0 Å². The molecule has 1 heterocycles. The van der Waals surface area contributed by atoms with E-state index in [-0.39, 0.29) is 31.4 Å². The van der Waals surface area contributed by atoms with Crippen LogP contribution in [0.1, 0.15) is 169 Å². The van der Waals surface area contributed by atoms with Crippen molar-refractivity contribution in [3.8, 4) is 5.75 Å². The van der Waals surface area contributed by atoms with Gasteiger partial charge in [0.1, 0.15) is 23.9 Å². The number of hydrogen-bond acceptors (Lipinski definition) is 13. The molecule has 69 heavy (non-hydrogen) atoms. The van der Waals surface area contributed by atoms with E-state index in [1.165, 1.54) is 58.6 Å². The molecule has 10 N–H and O–H groups in total. The van der Waals surface area contributed by atoms with Crippen LogP contribution in [-0.4, -0.2) is 111 Å². The summed E-state index contributed by atoms with van der Waals surface area (Å²) in [5.74, 6) is -9.32. The summed E-state index contributed by atoms with van der Waals surface area (Å²) in [4.78, 5) is 109. The molecule has 0 bridgehead atoms. The van der Waals surface area contributed by atoms with Gasteiger partial charge in [0.15, 0.2) is 11.6 Å². The van der Waals surface area contributed by atoms with Gasteiger partial charge in [-0.15, -0.1) is 0 Å². The van der Waals surface area contributed by atoms with Crippen LogP contribution in [0.4, 0.5) is 0 Å². The van der Waals surface area contributed by atoms with Gasteiger partial charge >= 0.3 is 5.97 Å². The molecular formula is C51H82N6O12. The van der Waals surface area contributed by atoms with E-state index in [1.807, 2.05) is 6.92 Å². The second kappa shape index (κ2) is 31.8. The van der Waals surface area contributed by atoms with Crippen molar-refractivity contribution in [1.82, 2.24) is 21.3 Å². The molecule has 10 unspecified atom stereocenters. The van der Waals surface area contributed by atoms with Crippen LogP contribution in [0.25, 0.3) is 0 Å². The molecule has 0 radical (unpaired) electrons. The fraction of sp³-hybridized carbons (Fsp3) is 0.706. The lowest BCUT2D eigenvalue weighted by Crippen LogP contribution is -2.58. The highest BCUT2D eigenvalue weighted by Crippen LogP contribution is 2.22. The number of nitrogens with two attached hydrogens (primary N) is 1. The van der Waals surface area contributed by atoms with Crippen LogP contribution in [-0.2, 0) is 49.5 Å². The first kappa shape index (κ1) is 59.9. The number of aromatic hydroxyl groups is 1. The number of primary amides is 1. The maximum atomic E-state index is 14.4. The van der Waals surface area contributed by atoms with E-state index in [0.29, 0.717) is 24.8 Å². The molecule has 1 saturated heterocycles. The van der Waals surface area contributed by atoms with Crippen LogP contribution in [0.5, 0.6) is 5.75 Å². The highest BCUT2D eigenvalue weighted by molar-refractivity contribution is 5.98. The van der Waals surface area contributed by atoms with Gasteiger partial charge in [-0.05, 0) is 76.5 Å². The number of phenolic OH excluding ortho intramolecular Hbond substituents is 1. The fourth-order valence-electron chi connectivity index (χ4n) is 8.30. The third-order valence-corrected chi connectivity index (χ3v) is 12.8. The summed E-state index contributed by atoms with van der Waals surface area (Å²) in [6.07, 6.45) is 7.41. The highest BCUT2D eigenvalue weighted by Gasteiger charge is 2.39. The number of rotatable bonds is 25. The van der Waals surface area contributed by atoms with Crippen molar-refractivity contribution in [2.75, 3.05) is 0 Å². The van der Waals surface area contributed by atoms with E-state index in [9.17, 15) is 53.7 Å². The molecule has 18 heteroatoms. The summed E-state index contributed by atoms with van der Waals surface area (Å²) in [6, 6.07) is 0.0508. The Bertz CT molecular complexity index is 1840. The molecule has 0 aromatic heterocycles.